The van der Waals surface area contributed by atoms with Gasteiger partial charge in [0.05, 0.1) is 18.7 Å². The van der Waals surface area contributed by atoms with Gasteiger partial charge in [-0.15, -0.1) is 6.58 Å². The fraction of sp³-hybridized carbons (Fsp3) is 0.841. The number of alkyl halides is 1. The number of rotatable bonds is 8. The van der Waals surface area contributed by atoms with Gasteiger partial charge in [0.2, 0.25) is 0 Å². The van der Waals surface area contributed by atoms with Gasteiger partial charge >= 0.3 is 5.97 Å². The highest BCUT2D eigenvalue weighted by molar-refractivity contribution is 5.70. The Kier molecular flexibility index (Phi) is 12.6. The zero-order valence-electron chi connectivity index (χ0n) is 33.0. The van der Waals surface area contributed by atoms with E-state index in [9.17, 15) is 19.4 Å². The molecule has 0 radical (unpaired) electrons. The van der Waals surface area contributed by atoms with E-state index in [0.29, 0.717) is 35.8 Å². The van der Waals surface area contributed by atoms with Crippen LogP contribution in [0, 0.1) is 51.2 Å². The SMILES string of the molecule is C=CC.CCC(O)(CC)CCNC12CCCC1C1CCC3C4(C)CC=C(C5=CCC(C(=O)O)CC5)C(C)(C)C4CCC3(C)[C@]1(C)CC2.CF. The molecular formula is C44H74FNO3. The number of carboxylic acid groups (broad SMARTS) is 1. The molecule has 0 aromatic heterocycles. The zero-order chi connectivity index (χ0) is 36.5. The van der Waals surface area contributed by atoms with Crippen LogP contribution in [0.15, 0.2) is 36.0 Å². The number of aliphatic carboxylic acids is 1. The summed E-state index contributed by atoms with van der Waals surface area (Å²) in [6.07, 6.45) is 25.0. The number of fused-ring (bicyclic) bond motifs is 7. The van der Waals surface area contributed by atoms with Crippen LogP contribution < -0.4 is 5.32 Å². The highest BCUT2D eigenvalue weighted by Crippen LogP contribution is 2.76. The number of carboxylic acids is 1. The molecule has 4 nitrogen and oxygen atoms in total. The first-order chi connectivity index (χ1) is 23.1. The van der Waals surface area contributed by atoms with Crippen LogP contribution in [0.3, 0.4) is 0 Å². The molecular weight excluding hydrogens is 609 g/mol. The Labute approximate surface area is 300 Å². The largest absolute Gasteiger partial charge is 0.481 e. The van der Waals surface area contributed by atoms with Crippen LogP contribution >= 0.6 is 0 Å². The molecule has 0 amide bonds. The molecule has 4 saturated carbocycles. The number of hydrogen-bond acceptors (Lipinski definition) is 3. The van der Waals surface area contributed by atoms with Crippen molar-refractivity contribution in [2.24, 2.45) is 51.2 Å². The van der Waals surface area contributed by atoms with Crippen LogP contribution in [0.1, 0.15) is 158 Å². The Hall–Kier alpha value is -1.46. The van der Waals surface area contributed by atoms with Crippen LogP contribution in [0.25, 0.3) is 0 Å². The first-order valence-electron chi connectivity index (χ1n) is 20.2. The molecule has 3 N–H and O–H groups in total. The van der Waals surface area contributed by atoms with Crippen LogP contribution in [0.4, 0.5) is 4.39 Å². The molecule has 0 aliphatic heterocycles. The lowest BCUT2D eigenvalue weighted by Gasteiger charge is -2.72. The second kappa shape index (κ2) is 15.3. The average molecular weight is 684 g/mol. The van der Waals surface area contributed by atoms with E-state index in [1.807, 2.05) is 6.92 Å². The van der Waals surface area contributed by atoms with E-state index in [1.54, 1.807) is 11.6 Å². The van der Waals surface area contributed by atoms with Gasteiger partial charge in [-0.1, -0.05) is 73.1 Å². The van der Waals surface area contributed by atoms with Gasteiger partial charge in [-0.25, -0.2) is 0 Å². The van der Waals surface area contributed by atoms with Gasteiger partial charge in [-0.2, -0.15) is 0 Å². The Balaban J connectivity index is 0.00000103. The molecule has 0 heterocycles. The molecule has 5 heteroatoms. The smallest absolute Gasteiger partial charge is 0.306 e. The summed E-state index contributed by atoms with van der Waals surface area (Å²) in [6, 6.07) is 0. The lowest BCUT2D eigenvalue weighted by atomic mass is 9.33. The third-order valence-electron chi connectivity index (χ3n) is 16.4. The van der Waals surface area contributed by atoms with Gasteiger partial charge in [0.1, 0.15) is 0 Å². The van der Waals surface area contributed by atoms with Crippen molar-refractivity contribution in [3.8, 4) is 0 Å². The van der Waals surface area contributed by atoms with E-state index in [1.165, 1.54) is 69.8 Å². The molecule has 9 atom stereocenters. The standard InChI is InChI=1S/C40H65NO3.C3H6.CH3F/c1-8-39(44,9-2)25-26-41-40-20-10-11-31(40)30-16-17-33-36(5)21-18-29(27-12-14-28(15-13-27)34(42)43)35(3,4)32(36)19-22-38(33,7)37(30,6)23-24-40;1-3-2;1-2/h12,18,28,30-33,41,44H,8-11,13-17,19-26H2,1-7H3,(H,42,43);3H,1H2,2H3;1H3/t28?,30?,31?,32?,33?,36?,37-,38?,40?;;/m1../s1. The molecule has 0 spiro atoms. The summed E-state index contributed by atoms with van der Waals surface area (Å²) in [5.74, 6) is 2.19. The molecule has 6 aliphatic rings. The van der Waals surface area contributed by atoms with Gasteiger partial charge < -0.3 is 15.5 Å². The van der Waals surface area contributed by atoms with Crippen molar-refractivity contribution in [1.82, 2.24) is 5.32 Å². The third-order valence-corrected chi connectivity index (χ3v) is 16.4. The Morgan fingerprint density at radius 1 is 0.939 bits per heavy atom. The Morgan fingerprint density at radius 3 is 2.20 bits per heavy atom. The lowest BCUT2D eigenvalue weighted by molar-refractivity contribution is -0.218. The van der Waals surface area contributed by atoms with E-state index in [4.69, 9.17) is 0 Å². The number of carbonyl (C=O) groups is 1. The topological polar surface area (TPSA) is 69.6 Å². The molecule has 8 unspecified atom stereocenters. The van der Waals surface area contributed by atoms with Crippen molar-refractivity contribution in [2.75, 3.05) is 13.7 Å². The molecule has 4 fully saturated rings. The van der Waals surface area contributed by atoms with Crippen LogP contribution in [-0.2, 0) is 4.79 Å². The highest BCUT2D eigenvalue weighted by atomic mass is 19.1. The molecule has 49 heavy (non-hydrogen) atoms. The average Bonchev–Trinajstić information content (AvgIpc) is 3.50. The van der Waals surface area contributed by atoms with Crippen molar-refractivity contribution < 1.29 is 19.4 Å². The number of nitrogens with one attached hydrogen (secondary N) is 1. The minimum atomic E-state index is -0.631. The first kappa shape index (κ1) is 40.3. The van der Waals surface area contributed by atoms with E-state index in [0.717, 1.165) is 56.4 Å². The van der Waals surface area contributed by atoms with Crippen LogP contribution in [0.5, 0.6) is 0 Å². The summed E-state index contributed by atoms with van der Waals surface area (Å²) in [4.78, 5) is 11.6. The minimum absolute atomic E-state index is 0.129. The third kappa shape index (κ3) is 6.80. The maximum absolute atomic E-state index is 11.6. The number of hydrogen-bond donors (Lipinski definition) is 3. The summed E-state index contributed by atoms with van der Waals surface area (Å²) in [5, 5.41) is 24.7. The van der Waals surface area contributed by atoms with Crippen molar-refractivity contribution >= 4 is 5.97 Å². The van der Waals surface area contributed by atoms with Crippen molar-refractivity contribution in [3.05, 3.63) is 36.0 Å². The number of allylic oxidation sites excluding steroid dienone is 5. The number of halogens is 1. The van der Waals surface area contributed by atoms with Gasteiger partial charge in [0.15, 0.2) is 0 Å². The van der Waals surface area contributed by atoms with Gasteiger partial charge in [0.25, 0.3) is 0 Å². The first-order valence-corrected chi connectivity index (χ1v) is 20.2. The van der Waals surface area contributed by atoms with Crippen LogP contribution in [-0.4, -0.2) is 41.0 Å². The fourth-order valence-corrected chi connectivity index (χ4v) is 13.5. The molecule has 0 saturated heterocycles. The highest BCUT2D eigenvalue weighted by Gasteiger charge is 2.69. The quantitative estimate of drug-likeness (QED) is 0.223. The van der Waals surface area contributed by atoms with Gasteiger partial charge in [0, 0.05) is 5.54 Å². The summed E-state index contributed by atoms with van der Waals surface area (Å²) in [7, 11) is 0.500. The van der Waals surface area contributed by atoms with E-state index >= 15 is 0 Å². The van der Waals surface area contributed by atoms with E-state index < -0.39 is 11.6 Å². The monoisotopic (exact) mass is 684 g/mol. The molecule has 0 bridgehead atoms. The second-order valence-corrected chi connectivity index (χ2v) is 18.4. The number of aliphatic hydroxyl groups is 1. The second-order valence-electron chi connectivity index (χ2n) is 18.4. The predicted octanol–water partition coefficient (Wildman–Crippen LogP) is 11.3. The van der Waals surface area contributed by atoms with Gasteiger partial charge in [-0.05, 0) is 166 Å². The van der Waals surface area contributed by atoms with Crippen molar-refractivity contribution in [1.29, 1.82) is 0 Å². The molecule has 0 aromatic rings. The van der Waals surface area contributed by atoms with Crippen LogP contribution in [0.2, 0.25) is 0 Å². The summed E-state index contributed by atoms with van der Waals surface area (Å²) < 4.78 is 9.50. The summed E-state index contributed by atoms with van der Waals surface area (Å²) in [6.45, 7) is 23.7. The lowest BCUT2D eigenvalue weighted by Crippen LogP contribution is -2.67. The Morgan fingerprint density at radius 2 is 1.61 bits per heavy atom. The molecule has 280 valence electrons. The zero-order valence-corrected chi connectivity index (χ0v) is 33.0. The normalized spacial score (nSPS) is 40.7. The maximum atomic E-state index is 11.6. The molecule has 6 aliphatic carbocycles. The van der Waals surface area contributed by atoms with E-state index in [2.05, 4.69) is 72.5 Å². The molecule has 6 rings (SSSR count). The minimum Gasteiger partial charge on any atom is -0.481 e. The van der Waals surface area contributed by atoms with Crippen molar-refractivity contribution in [3.63, 3.8) is 0 Å². The summed E-state index contributed by atoms with van der Waals surface area (Å²) >= 11 is 0. The maximum Gasteiger partial charge on any atom is 0.306 e. The van der Waals surface area contributed by atoms with E-state index in [-0.39, 0.29) is 16.9 Å². The van der Waals surface area contributed by atoms with Gasteiger partial charge in [-0.3, -0.25) is 9.18 Å². The van der Waals surface area contributed by atoms with Crippen molar-refractivity contribution in [2.45, 2.75) is 169 Å². The molecule has 0 aromatic carbocycles. The predicted molar refractivity (Wildman–Crippen MR) is 203 cm³/mol. The Bertz CT molecular complexity index is 1230. The fourth-order valence-electron chi connectivity index (χ4n) is 13.5. The summed E-state index contributed by atoms with van der Waals surface area (Å²) in [5.41, 5.74) is 3.98.